The van der Waals surface area contributed by atoms with Gasteiger partial charge in [-0.2, -0.15) is 13.2 Å². The molecule has 52 valence electrons. The molecule has 0 fully saturated rings. The molecule has 9 heavy (non-hydrogen) atoms. The Balaban J connectivity index is 4.06. The molecule has 0 heterocycles. The highest BCUT2D eigenvalue weighted by Gasteiger charge is 2.35. The van der Waals surface area contributed by atoms with Crippen molar-refractivity contribution in [2.45, 2.75) is 13.1 Å². The molecule has 0 spiro atoms. The van der Waals surface area contributed by atoms with Crippen LogP contribution in [-0.4, -0.2) is 12.0 Å². The van der Waals surface area contributed by atoms with E-state index in [4.69, 9.17) is 0 Å². The third-order valence-electron chi connectivity index (χ3n) is 0.597. The van der Waals surface area contributed by atoms with Gasteiger partial charge in [0.25, 0.3) is 5.78 Å². The molecule has 0 saturated carbocycles. The Labute approximate surface area is 50.2 Å². The summed E-state index contributed by atoms with van der Waals surface area (Å²) in [7, 11) is 0. The van der Waals surface area contributed by atoms with Crippen molar-refractivity contribution >= 4 is 5.78 Å². The van der Waals surface area contributed by atoms with Crippen LogP contribution in [0.15, 0.2) is 12.2 Å². The molecule has 0 rings (SSSR count). The summed E-state index contributed by atoms with van der Waals surface area (Å²) in [5.74, 6) is -1.81. The quantitative estimate of drug-likeness (QED) is 0.504. The molecule has 0 unspecified atom stereocenters. The van der Waals surface area contributed by atoms with E-state index in [1.807, 2.05) is 0 Å². The second kappa shape index (κ2) is 2.66. The first-order valence-electron chi connectivity index (χ1n) is 2.22. The lowest BCUT2D eigenvalue weighted by atomic mass is 10.3. The zero-order valence-electron chi connectivity index (χ0n) is 4.70. The van der Waals surface area contributed by atoms with E-state index in [1.54, 1.807) is 0 Å². The summed E-state index contributed by atoms with van der Waals surface area (Å²) in [4.78, 5) is 9.85. The molecule has 4 heteroatoms. The van der Waals surface area contributed by atoms with Crippen molar-refractivity contribution in [3.8, 4) is 0 Å². The topological polar surface area (TPSA) is 17.1 Å². The van der Waals surface area contributed by atoms with Gasteiger partial charge < -0.3 is 0 Å². The van der Waals surface area contributed by atoms with Crippen LogP contribution in [0, 0.1) is 0 Å². The number of allylic oxidation sites excluding steroid dienone is 2. The third kappa shape index (κ3) is 2.90. The molecule has 0 aromatic carbocycles. The van der Waals surface area contributed by atoms with Crippen LogP contribution in [0.25, 0.3) is 0 Å². The van der Waals surface area contributed by atoms with Crippen LogP contribution in [0.3, 0.4) is 0 Å². The van der Waals surface area contributed by atoms with Crippen LogP contribution >= 0.6 is 0 Å². The van der Waals surface area contributed by atoms with Gasteiger partial charge in [-0.25, -0.2) is 0 Å². The fourth-order valence-corrected chi connectivity index (χ4v) is 0.246. The molecule has 0 aromatic rings. The molecule has 0 aliphatic carbocycles. The average Bonchev–Trinajstić information content (AvgIpc) is 1.64. The van der Waals surface area contributed by atoms with E-state index in [0.717, 1.165) is 6.08 Å². The van der Waals surface area contributed by atoms with E-state index in [9.17, 15) is 18.0 Å². The van der Waals surface area contributed by atoms with Gasteiger partial charge in [-0.05, 0) is 13.0 Å². The monoisotopic (exact) mass is 138 g/mol. The number of rotatable bonds is 1. The van der Waals surface area contributed by atoms with Crippen LogP contribution in [0.1, 0.15) is 6.92 Å². The zero-order valence-corrected chi connectivity index (χ0v) is 4.70. The van der Waals surface area contributed by atoms with Crippen molar-refractivity contribution in [2.75, 3.05) is 0 Å². The molecule has 0 amide bonds. The van der Waals surface area contributed by atoms with Gasteiger partial charge >= 0.3 is 6.18 Å². The van der Waals surface area contributed by atoms with Gasteiger partial charge in [0.15, 0.2) is 0 Å². The predicted octanol–water partition coefficient (Wildman–Crippen LogP) is 1.69. The maximum atomic E-state index is 11.2. The Kier molecular flexibility index (Phi) is 2.42. The predicted molar refractivity (Wildman–Crippen MR) is 25.9 cm³/mol. The van der Waals surface area contributed by atoms with Gasteiger partial charge in [0, 0.05) is 0 Å². The van der Waals surface area contributed by atoms with Crippen LogP contribution in [-0.2, 0) is 4.79 Å². The first-order valence-corrected chi connectivity index (χ1v) is 2.22. The van der Waals surface area contributed by atoms with E-state index >= 15 is 0 Å². The van der Waals surface area contributed by atoms with E-state index in [1.165, 1.54) is 6.92 Å². The van der Waals surface area contributed by atoms with Crippen molar-refractivity contribution in [3.63, 3.8) is 0 Å². The van der Waals surface area contributed by atoms with Crippen molar-refractivity contribution in [1.82, 2.24) is 0 Å². The van der Waals surface area contributed by atoms with Crippen LogP contribution < -0.4 is 0 Å². The Morgan fingerprint density at radius 3 is 2.00 bits per heavy atom. The SMILES string of the molecule is C/C=C/C(=O)C(F)(F)F. The number of ketones is 1. The molecule has 0 aliphatic heterocycles. The molecule has 0 N–H and O–H groups in total. The number of hydrogen-bond donors (Lipinski definition) is 0. The second-order valence-electron chi connectivity index (χ2n) is 1.36. The summed E-state index contributed by atoms with van der Waals surface area (Å²) in [5, 5.41) is 0. The van der Waals surface area contributed by atoms with Crippen LogP contribution in [0.4, 0.5) is 13.2 Å². The van der Waals surface area contributed by atoms with E-state index in [2.05, 4.69) is 0 Å². The standard InChI is InChI=1S/C5H5F3O/c1-2-3-4(9)5(6,7)8/h2-3H,1H3/b3-2+. The fourth-order valence-electron chi connectivity index (χ4n) is 0.246. The van der Waals surface area contributed by atoms with E-state index < -0.39 is 12.0 Å². The van der Waals surface area contributed by atoms with E-state index in [0.29, 0.717) is 6.08 Å². The average molecular weight is 138 g/mol. The number of alkyl halides is 3. The first-order chi connectivity index (χ1) is 3.98. The molecule has 0 atom stereocenters. The van der Waals surface area contributed by atoms with Gasteiger partial charge in [-0.3, -0.25) is 4.79 Å². The summed E-state index contributed by atoms with van der Waals surface area (Å²) in [6.07, 6.45) is -3.18. The molecule has 0 aliphatic rings. The summed E-state index contributed by atoms with van der Waals surface area (Å²) in [6, 6.07) is 0. The number of halogens is 3. The highest BCUT2D eigenvalue weighted by molar-refractivity contribution is 5.94. The molecule has 0 aromatic heterocycles. The normalized spacial score (nSPS) is 12.4. The number of carbonyl (C=O) groups excluding carboxylic acids is 1. The van der Waals surface area contributed by atoms with Gasteiger partial charge in [0.05, 0.1) is 0 Å². The number of hydrogen-bond acceptors (Lipinski definition) is 1. The van der Waals surface area contributed by atoms with E-state index in [-0.39, 0.29) is 0 Å². The lowest BCUT2D eigenvalue weighted by Crippen LogP contribution is -2.19. The summed E-state index contributed by atoms with van der Waals surface area (Å²) >= 11 is 0. The van der Waals surface area contributed by atoms with Gasteiger partial charge in [-0.1, -0.05) is 6.08 Å². The number of carbonyl (C=O) groups is 1. The van der Waals surface area contributed by atoms with Gasteiger partial charge in [0.1, 0.15) is 0 Å². The third-order valence-corrected chi connectivity index (χ3v) is 0.597. The molecular weight excluding hydrogens is 133 g/mol. The summed E-state index contributed by atoms with van der Waals surface area (Å²) < 4.78 is 33.7. The maximum absolute atomic E-state index is 11.2. The van der Waals surface area contributed by atoms with Crippen molar-refractivity contribution < 1.29 is 18.0 Å². The fraction of sp³-hybridized carbons (Fsp3) is 0.400. The van der Waals surface area contributed by atoms with Gasteiger partial charge in [0.2, 0.25) is 0 Å². The Bertz CT molecular complexity index is 134. The van der Waals surface area contributed by atoms with Crippen LogP contribution in [0.5, 0.6) is 0 Å². The lowest BCUT2D eigenvalue weighted by Gasteiger charge is -1.97. The van der Waals surface area contributed by atoms with Crippen molar-refractivity contribution in [3.05, 3.63) is 12.2 Å². The smallest absolute Gasteiger partial charge is 0.285 e. The highest BCUT2D eigenvalue weighted by Crippen LogP contribution is 2.15. The maximum Gasteiger partial charge on any atom is 0.454 e. The summed E-state index contributed by atoms with van der Waals surface area (Å²) in [5.41, 5.74) is 0. The summed E-state index contributed by atoms with van der Waals surface area (Å²) in [6.45, 7) is 1.35. The second-order valence-corrected chi connectivity index (χ2v) is 1.36. The largest absolute Gasteiger partial charge is 0.454 e. The molecule has 0 saturated heterocycles. The Hall–Kier alpha value is -0.800. The lowest BCUT2D eigenvalue weighted by molar-refractivity contribution is -0.165. The molecule has 1 nitrogen and oxygen atoms in total. The minimum atomic E-state index is -4.72. The molecule has 0 bridgehead atoms. The first kappa shape index (κ1) is 8.20. The minimum Gasteiger partial charge on any atom is -0.285 e. The molecular formula is C5H5F3O. The van der Waals surface area contributed by atoms with Crippen LogP contribution in [0.2, 0.25) is 0 Å². The van der Waals surface area contributed by atoms with Gasteiger partial charge in [-0.15, -0.1) is 0 Å². The Morgan fingerprint density at radius 2 is 1.89 bits per heavy atom. The minimum absolute atomic E-state index is 0.486. The zero-order chi connectivity index (χ0) is 7.49. The Morgan fingerprint density at radius 1 is 1.44 bits per heavy atom. The highest BCUT2D eigenvalue weighted by atomic mass is 19.4. The van der Waals surface area contributed by atoms with Crippen molar-refractivity contribution in [2.24, 2.45) is 0 Å². The molecule has 0 radical (unpaired) electrons. The van der Waals surface area contributed by atoms with Crippen molar-refractivity contribution in [1.29, 1.82) is 0 Å².